The Kier molecular flexibility index (Phi) is 6.27. The maximum absolute atomic E-state index is 3.97. The zero-order valence-electron chi connectivity index (χ0n) is 5.17. The van der Waals surface area contributed by atoms with Crippen LogP contribution in [0.25, 0.3) is 0 Å². The Bertz CT molecular complexity index is 47.7. The van der Waals surface area contributed by atoms with Gasteiger partial charge in [-0.1, -0.05) is 45.4 Å². The summed E-state index contributed by atoms with van der Waals surface area (Å²) in [5, 5.41) is 0. The third kappa shape index (κ3) is 6.66. The molecule has 0 aliphatic heterocycles. The van der Waals surface area contributed by atoms with E-state index < -0.39 is 0 Å². The topological polar surface area (TPSA) is 3.24 Å². The van der Waals surface area contributed by atoms with E-state index in [2.05, 4.69) is 32.6 Å². The van der Waals surface area contributed by atoms with Crippen LogP contribution < -0.4 is 0 Å². The molecule has 0 saturated carbocycles. The summed E-state index contributed by atoms with van der Waals surface area (Å²) in [7, 11) is 0. The molecule has 0 spiro atoms. The van der Waals surface area contributed by atoms with Crippen molar-refractivity contribution in [2.75, 3.05) is 6.54 Å². The van der Waals surface area contributed by atoms with Gasteiger partial charge in [0.05, 0.1) is 0 Å². The Morgan fingerprint density at radius 2 is 1.88 bits per heavy atom. The minimum atomic E-state index is 0.972. The van der Waals surface area contributed by atoms with Crippen LogP contribution in [0.4, 0.5) is 0 Å². The first kappa shape index (κ1) is 8.66. The average molecular weight is 151 g/mol. The van der Waals surface area contributed by atoms with Gasteiger partial charge in [-0.3, -0.25) is 0 Å². The highest BCUT2D eigenvalue weighted by atomic mass is 32.2. The summed E-state index contributed by atoms with van der Waals surface area (Å²) >= 11 is 7.94. The average Bonchev–Trinajstić information content (AvgIpc) is 1.66. The minimum Gasteiger partial charge on any atom is -0.200 e. The molecule has 0 rings (SSSR count). The zero-order valence-corrected chi connectivity index (χ0v) is 6.96. The molecule has 0 aliphatic carbocycles. The fourth-order valence-corrected chi connectivity index (χ4v) is 0.786. The summed E-state index contributed by atoms with van der Waals surface area (Å²) < 4.78 is 1.62. The molecular weight excluding hydrogens is 138 g/mol. The molecule has 0 unspecified atom stereocenters. The van der Waals surface area contributed by atoms with E-state index in [1.54, 1.807) is 3.71 Å². The van der Waals surface area contributed by atoms with E-state index >= 15 is 0 Å². The third-order valence-electron chi connectivity index (χ3n) is 0.962. The highest BCUT2D eigenvalue weighted by Crippen LogP contribution is 2.01. The molecule has 0 atom stereocenters. The van der Waals surface area contributed by atoms with Crippen LogP contribution in [-0.2, 0) is 0 Å². The molecule has 0 N–H and O–H groups in total. The molecule has 8 heavy (non-hydrogen) atoms. The van der Waals surface area contributed by atoms with Gasteiger partial charge in [-0.15, -0.1) is 0 Å². The van der Waals surface area contributed by atoms with Crippen molar-refractivity contribution in [3.63, 3.8) is 0 Å². The van der Waals surface area contributed by atoms with Crippen molar-refractivity contribution in [1.29, 1.82) is 0 Å². The number of hydrogen-bond donors (Lipinski definition) is 2. The molecule has 0 aromatic rings. The number of rotatable bonds is 4. The Labute approximate surface area is 62.5 Å². The van der Waals surface area contributed by atoms with E-state index in [-0.39, 0.29) is 0 Å². The van der Waals surface area contributed by atoms with E-state index in [9.17, 15) is 0 Å². The van der Waals surface area contributed by atoms with Crippen LogP contribution in [0.3, 0.4) is 0 Å². The van der Waals surface area contributed by atoms with E-state index in [0.29, 0.717) is 0 Å². The lowest BCUT2D eigenvalue weighted by Gasteiger charge is -2.03. The van der Waals surface area contributed by atoms with E-state index in [1.165, 1.54) is 19.3 Å². The summed E-state index contributed by atoms with van der Waals surface area (Å²) in [6.07, 6.45) is 3.73. The molecule has 0 amide bonds. The predicted molar refractivity (Wildman–Crippen MR) is 44.2 cm³/mol. The van der Waals surface area contributed by atoms with Gasteiger partial charge in [0.1, 0.15) is 0 Å². The number of hydrogen-bond acceptors (Lipinski definition) is 3. The lowest BCUT2D eigenvalue weighted by atomic mass is 10.3. The lowest BCUT2D eigenvalue weighted by molar-refractivity contribution is 0.636. The van der Waals surface area contributed by atoms with Gasteiger partial charge in [0, 0.05) is 6.54 Å². The van der Waals surface area contributed by atoms with E-state index in [0.717, 1.165) is 6.54 Å². The van der Waals surface area contributed by atoms with Crippen LogP contribution in [-0.4, -0.2) is 10.3 Å². The summed E-state index contributed by atoms with van der Waals surface area (Å²) in [4.78, 5) is 0. The lowest BCUT2D eigenvalue weighted by Crippen LogP contribution is -1.98. The largest absolute Gasteiger partial charge is 0.200 e. The van der Waals surface area contributed by atoms with Crippen molar-refractivity contribution in [2.45, 2.75) is 26.2 Å². The van der Waals surface area contributed by atoms with Gasteiger partial charge in [-0.25, -0.2) is 3.71 Å². The number of nitrogens with zero attached hydrogens (tertiary/aromatic N) is 1. The van der Waals surface area contributed by atoms with Crippen molar-refractivity contribution in [1.82, 2.24) is 3.71 Å². The Morgan fingerprint density at radius 1 is 1.25 bits per heavy atom. The highest BCUT2D eigenvalue weighted by molar-refractivity contribution is 7.93. The van der Waals surface area contributed by atoms with Crippen molar-refractivity contribution >= 4 is 25.6 Å². The Morgan fingerprint density at radius 3 is 2.25 bits per heavy atom. The molecule has 0 radical (unpaired) electrons. The van der Waals surface area contributed by atoms with E-state index in [4.69, 9.17) is 0 Å². The van der Waals surface area contributed by atoms with Gasteiger partial charge in [-0.2, -0.15) is 0 Å². The highest BCUT2D eigenvalue weighted by Gasteiger charge is 1.88. The van der Waals surface area contributed by atoms with Crippen LogP contribution in [0.5, 0.6) is 0 Å². The van der Waals surface area contributed by atoms with Gasteiger partial charge in [0.25, 0.3) is 0 Å². The second kappa shape index (κ2) is 5.79. The van der Waals surface area contributed by atoms with Crippen molar-refractivity contribution in [3.05, 3.63) is 0 Å². The SMILES string of the molecule is CCCCCN(S)S. The van der Waals surface area contributed by atoms with Crippen molar-refractivity contribution in [3.8, 4) is 0 Å². The molecular formula is C5H13NS2. The first-order valence-electron chi connectivity index (χ1n) is 2.92. The number of unbranched alkanes of at least 4 members (excludes halogenated alkanes) is 2. The van der Waals surface area contributed by atoms with E-state index in [1.807, 2.05) is 0 Å². The molecule has 0 aromatic heterocycles. The summed E-state index contributed by atoms with van der Waals surface area (Å²) in [5.41, 5.74) is 0. The molecule has 0 aromatic carbocycles. The van der Waals surface area contributed by atoms with Crippen LogP contribution in [0.1, 0.15) is 26.2 Å². The zero-order chi connectivity index (χ0) is 6.41. The van der Waals surface area contributed by atoms with Crippen LogP contribution >= 0.6 is 25.6 Å². The summed E-state index contributed by atoms with van der Waals surface area (Å²) in [6.45, 7) is 3.15. The second-order valence-corrected chi connectivity index (χ2v) is 3.08. The first-order valence-corrected chi connectivity index (χ1v) is 3.72. The van der Waals surface area contributed by atoms with Crippen LogP contribution in [0.15, 0.2) is 0 Å². The van der Waals surface area contributed by atoms with Gasteiger partial charge in [-0.05, 0) is 6.42 Å². The van der Waals surface area contributed by atoms with Gasteiger partial charge in [0.15, 0.2) is 0 Å². The minimum absolute atomic E-state index is 0.972. The Balaban J connectivity index is 2.72. The van der Waals surface area contributed by atoms with Crippen LogP contribution in [0.2, 0.25) is 0 Å². The molecule has 0 fully saturated rings. The fourth-order valence-electron chi connectivity index (χ4n) is 0.503. The monoisotopic (exact) mass is 151 g/mol. The fraction of sp³-hybridized carbons (Fsp3) is 1.00. The van der Waals surface area contributed by atoms with Crippen molar-refractivity contribution < 1.29 is 0 Å². The van der Waals surface area contributed by atoms with Gasteiger partial charge >= 0.3 is 0 Å². The second-order valence-electron chi connectivity index (χ2n) is 1.80. The molecule has 0 bridgehead atoms. The smallest absolute Gasteiger partial charge is 0.0197 e. The number of thiol groups is 2. The molecule has 0 saturated heterocycles. The maximum Gasteiger partial charge on any atom is 0.0197 e. The summed E-state index contributed by atoms with van der Waals surface area (Å²) in [5.74, 6) is 0. The Hall–Kier alpha value is 0.660. The maximum atomic E-state index is 3.97. The molecule has 0 heterocycles. The molecule has 1 nitrogen and oxygen atoms in total. The molecule has 3 heteroatoms. The van der Waals surface area contributed by atoms with Gasteiger partial charge < -0.3 is 0 Å². The quantitative estimate of drug-likeness (QED) is 0.460. The third-order valence-corrected chi connectivity index (χ3v) is 1.36. The molecule has 50 valence electrons. The predicted octanol–water partition coefficient (Wildman–Crippen LogP) is 2.17. The summed E-state index contributed by atoms with van der Waals surface area (Å²) in [6, 6.07) is 0. The van der Waals surface area contributed by atoms with Crippen LogP contribution in [0, 0.1) is 0 Å². The van der Waals surface area contributed by atoms with Gasteiger partial charge in [0.2, 0.25) is 0 Å². The first-order chi connectivity index (χ1) is 3.77. The van der Waals surface area contributed by atoms with Crippen molar-refractivity contribution in [2.24, 2.45) is 0 Å². The molecule has 0 aliphatic rings. The standard InChI is InChI=1S/C5H13NS2/c1-2-3-4-5-6(7)8/h7-8H,2-5H2,1H3. The normalized spacial score (nSPS) is 10.5.